The zero-order chi connectivity index (χ0) is 20.4. The van der Waals surface area contributed by atoms with Crippen LogP contribution in [0, 0.1) is 0 Å². The maximum absolute atomic E-state index is 12.6. The number of nitrogens with one attached hydrogen (secondary N) is 1. The second-order valence-corrected chi connectivity index (χ2v) is 7.38. The summed E-state index contributed by atoms with van der Waals surface area (Å²) in [5.74, 6) is 0.594. The van der Waals surface area contributed by atoms with Gasteiger partial charge in [0.2, 0.25) is 0 Å². The quantitative estimate of drug-likeness (QED) is 0.578. The smallest absolute Gasteiger partial charge is 0.329 e. The molecule has 2 aromatic carbocycles. The summed E-state index contributed by atoms with van der Waals surface area (Å²) in [6.45, 7) is 2.51. The summed E-state index contributed by atoms with van der Waals surface area (Å²) in [5, 5.41) is 3.31. The van der Waals surface area contributed by atoms with Crippen LogP contribution >= 0.6 is 23.4 Å². The van der Waals surface area contributed by atoms with Gasteiger partial charge in [-0.25, -0.2) is 4.79 Å². The first-order chi connectivity index (χ1) is 13.5. The summed E-state index contributed by atoms with van der Waals surface area (Å²) in [5.41, 5.74) is 1.22. The molecule has 1 amide bonds. The largest absolute Gasteiger partial charge is 0.493 e. The van der Waals surface area contributed by atoms with Crippen LogP contribution in [-0.2, 0) is 16.1 Å². The highest BCUT2D eigenvalue weighted by Crippen LogP contribution is 2.19. The first-order valence-electron chi connectivity index (χ1n) is 8.97. The molecule has 0 saturated carbocycles. The number of esters is 1. The minimum absolute atomic E-state index is 0.0849. The van der Waals surface area contributed by atoms with E-state index >= 15 is 0 Å². The summed E-state index contributed by atoms with van der Waals surface area (Å²) in [7, 11) is 0. The second kappa shape index (κ2) is 11.6. The van der Waals surface area contributed by atoms with Gasteiger partial charge in [-0.3, -0.25) is 4.79 Å². The zero-order valence-electron chi connectivity index (χ0n) is 15.9. The third-order valence-electron chi connectivity index (χ3n) is 3.95. The molecule has 7 heteroatoms. The SMILES string of the molecule is CCOc1ccccc1COC(=O)[C@@H](CCSC)NC(=O)c1ccc(Cl)cc1. The van der Waals surface area contributed by atoms with E-state index in [2.05, 4.69) is 5.32 Å². The Morgan fingerprint density at radius 2 is 1.86 bits per heavy atom. The van der Waals surface area contributed by atoms with Gasteiger partial charge in [-0.2, -0.15) is 11.8 Å². The molecule has 2 rings (SSSR count). The minimum Gasteiger partial charge on any atom is -0.493 e. The van der Waals surface area contributed by atoms with Crippen molar-refractivity contribution < 1.29 is 19.1 Å². The lowest BCUT2D eigenvalue weighted by Crippen LogP contribution is -2.42. The molecule has 28 heavy (non-hydrogen) atoms. The molecule has 0 aliphatic heterocycles. The molecule has 0 aliphatic carbocycles. The molecule has 0 heterocycles. The highest BCUT2D eigenvalue weighted by atomic mass is 35.5. The summed E-state index contributed by atoms with van der Waals surface area (Å²) in [6, 6.07) is 13.2. The topological polar surface area (TPSA) is 64.6 Å². The van der Waals surface area contributed by atoms with E-state index in [4.69, 9.17) is 21.1 Å². The summed E-state index contributed by atoms with van der Waals surface area (Å²) < 4.78 is 11.0. The number of thioether (sulfide) groups is 1. The molecule has 1 N–H and O–H groups in total. The van der Waals surface area contributed by atoms with E-state index < -0.39 is 12.0 Å². The highest BCUT2D eigenvalue weighted by molar-refractivity contribution is 7.98. The number of carbonyl (C=O) groups is 2. The van der Waals surface area contributed by atoms with Gasteiger partial charge in [0.25, 0.3) is 5.91 Å². The molecular formula is C21H24ClNO4S. The van der Waals surface area contributed by atoms with Crippen LogP contribution in [0.25, 0.3) is 0 Å². The number of benzene rings is 2. The van der Waals surface area contributed by atoms with E-state index in [9.17, 15) is 9.59 Å². The molecule has 0 spiro atoms. The average Bonchev–Trinajstić information content (AvgIpc) is 2.70. The van der Waals surface area contributed by atoms with E-state index in [0.29, 0.717) is 29.4 Å². The number of ether oxygens (including phenoxy) is 2. The van der Waals surface area contributed by atoms with Gasteiger partial charge in [-0.15, -0.1) is 0 Å². The van der Waals surface area contributed by atoms with Crippen LogP contribution in [0.1, 0.15) is 29.3 Å². The van der Waals surface area contributed by atoms with Crippen molar-refractivity contribution in [3.8, 4) is 5.75 Å². The molecule has 1 atom stereocenters. The Hall–Kier alpha value is -2.18. The van der Waals surface area contributed by atoms with Crippen LogP contribution in [0.15, 0.2) is 48.5 Å². The Morgan fingerprint density at radius 3 is 2.54 bits per heavy atom. The van der Waals surface area contributed by atoms with Crippen molar-refractivity contribution in [1.29, 1.82) is 0 Å². The molecule has 0 unspecified atom stereocenters. The highest BCUT2D eigenvalue weighted by Gasteiger charge is 2.23. The Balaban J connectivity index is 2.02. The first-order valence-corrected chi connectivity index (χ1v) is 10.7. The summed E-state index contributed by atoms with van der Waals surface area (Å²) in [4.78, 5) is 25.1. The van der Waals surface area contributed by atoms with Crippen molar-refractivity contribution >= 4 is 35.2 Å². The standard InChI is InChI=1S/C21H24ClNO4S/c1-3-26-19-7-5-4-6-16(19)14-27-21(25)18(12-13-28-2)23-20(24)15-8-10-17(22)11-9-15/h4-11,18H,3,12-14H2,1-2H3,(H,23,24)/t18-/m1/s1. The summed E-state index contributed by atoms with van der Waals surface area (Å²) in [6.07, 6.45) is 2.42. The predicted molar refractivity (Wildman–Crippen MR) is 113 cm³/mol. The van der Waals surface area contributed by atoms with Crippen molar-refractivity contribution in [3.05, 3.63) is 64.7 Å². The molecule has 150 valence electrons. The number of carbonyl (C=O) groups excluding carboxylic acids is 2. The van der Waals surface area contributed by atoms with Crippen LogP contribution in [0.3, 0.4) is 0 Å². The van der Waals surface area contributed by atoms with Crippen LogP contribution in [0.5, 0.6) is 5.75 Å². The lowest BCUT2D eigenvalue weighted by Gasteiger charge is -2.18. The Labute approximate surface area is 174 Å². The molecule has 0 aliphatic rings. The number of amides is 1. The van der Waals surface area contributed by atoms with Crippen molar-refractivity contribution in [1.82, 2.24) is 5.32 Å². The molecule has 0 aromatic heterocycles. The molecule has 5 nitrogen and oxygen atoms in total. The number of hydrogen-bond donors (Lipinski definition) is 1. The van der Waals surface area contributed by atoms with Gasteiger partial charge in [0.15, 0.2) is 0 Å². The van der Waals surface area contributed by atoms with E-state index in [1.54, 1.807) is 36.0 Å². The van der Waals surface area contributed by atoms with Crippen molar-refractivity contribution in [3.63, 3.8) is 0 Å². The fourth-order valence-corrected chi connectivity index (χ4v) is 3.09. The first kappa shape index (κ1) is 22.1. The van der Waals surface area contributed by atoms with Crippen LogP contribution in [0.2, 0.25) is 5.02 Å². The monoisotopic (exact) mass is 421 g/mol. The fraction of sp³-hybridized carbons (Fsp3) is 0.333. The Bertz CT molecular complexity index is 782. The van der Waals surface area contributed by atoms with Gasteiger partial charge in [0.1, 0.15) is 18.4 Å². The van der Waals surface area contributed by atoms with Crippen molar-refractivity contribution in [2.24, 2.45) is 0 Å². The van der Waals surface area contributed by atoms with Crippen LogP contribution in [-0.4, -0.2) is 36.5 Å². The maximum Gasteiger partial charge on any atom is 0.329 e. The fourth-order valence-electron chi connectivity index (χ4n) is 2.50. The maximum atomic E-state index is 12.6. The number of para-hydroxylation sites is 1. The van der Waals surface area contributed by atoms with Gasteiger partial charge in [-0.1, -0.05) is 29.8 Å². The predicted octanol–water partition coefficient (Wildman–Crippen LogP) is 4.33. The van der Waals surface area contributed by atoms with E-state index in [1.807, 2.05) is 37.4 Å². The molecule has 2 aromatic rings. The minimum atomic E-state index is -0.727. The number of hydrogen-bond acceptors (Lipinski definition) is 5. The van der Waals surface area contributed by atoms with Gasteiger partial charge in [0.05, 0.1) is 6.61 Å². The second-order valence-electron chi connectivity index (χ2n) is 5.96. The molecule has 0 saturated heterocycles. The van der Waals surface area contributed by atoms with E-state index in [1.165, 1.54) is 0 Å². The molecule has 0 bridgehead atoms. The van der Waals surface area contributed by atoms with Gasteiger partial charge in [-0.05, 0) is 55.7 Å². The third-order valence-corrected chi connectivity index (χ3v) is 4.85. The van der Waals surface area contributed by atoms with Crippen molar-refractivity contribution in [2.45, 2.75) is 26.0 Å². The normalized spacial score (nSPS) is 11.5. The number of rotatable bonds is 10. The van der Waals surface area contributed by atoms with Gasteiger partial charge in [0, 0.05) is 16.1 Å². The van der Waals surface area contributed by atoms with Gasteiger partial charge >= 0.3 is 5.97 Å². The Kier molecular flexibility index (Phi) is 9.17. The molecule has 0 radical (unpaired) electrons. The summed E-state index contributed by atoms with van der Waals surface area (Å²) >= 11 is 7.46. The van der Waals surface area contributed by atoms with E-state index in [-0.39, 0.29) is 12.5 Å². The van der Waals surface area contributed by atoms with Crippen molar-refractivity contribution in [2.75, 3.05) is 18.6 Å². The van der Waals surface area contributed by atoms with E-state index in [0.717, 1.165) is 11.3 Å². The zero-order valence-corrected chi connectivity index (χ0v) is 17.5. The molecular weight excluding hydrogens is 398 g/mol. The molecule has 0 fully saturated rings. The third kappa shape index (κ3) is 6.77. The lowest BCUT2D eigenvalue weighted by molar-refractivity contribution is -0.147. The van der Waals surface area contributed by atoms with Crippen LogP contribution in [0.4, 0.5) is 0 Å². The average molecular weight is 422 g/mol. The van der Waals surface area contributed by atoms with Gasteiger partial charge < -0.3 is 14.8 Å². The lowest BCUT2D eigenvalue weighted by atomic mass is 10.1. The Morgan fingerprint density at radius 1 is 1.14 bits per heavy atom. The van der Waals surface area contributed by atoms with Crippen LogP contribution < -0.4 is 10.1 Å². The number of halogens is 1.